The lowest BCUT2D eigenvalue weighted by Gasteiger charge is -2.22. The zero-order valence-corrected chi connectivity index (χ0v) is 16.3. The Hall–Kier alpha value is -2.87. The minimum Gasteiger partial charge on any atom is -0.326 e. The zero-order chi connectivity index (χ0) is 20.0. The molecule has 0 bridgehead atoms. The molecule has 0 aliphatic carbocycles. The van der Waals surface area contributed by atoms with Gasteiger partial charge in [0.15, 0.2) is 0 Å². The molecule has 2 aromatic carbocycles. The first-order chi connectivity index (χ1) is 12.6. The van der Waals surface area contributed by atoms with Gasteiger partial charge in [0.05, 0.1) is 11.9 Å². The van der Waals surface area contributed by atoms with Crippen molar-refractivity contribution in [2.45, 2.75) is 20.3 Å². The van der Waals surface area contributed by atoms with Gasteiger partial charge in [-0.05, 0) is 48.9 Å². The number of nitrogens with one attached hydrogen (secondary N) is 2. The van der Waals surface area contributed by atoms with Crippen LogP contribution < -0.4 is 14.9 Å². The van der Waals surface area contributed by atoms with E-state index < -0.39 is 10.0 Å². The minimum atomic E-state index is -3.56. The Kier molecular flexibility index (Phi) is 6.57. The van der Waals surface area contributed by atoms with Crippen LogP contribution in [0.2, 0.25) is 0 Å². The summed E-state index contributed by atoms with van der Waals surface area (Å²) in [4.78, 5) is 23.3. The van der Waals surface area contributed by atoms with E-state index in [4.69, 9.17) is 0 Å². The van der Waals surface area contributed by atoms with E-state index in [-0.39, 0.29) is 24.8 Å². The summed E-state index contributed by atoms with van der Waals surface area (Å²) in [6.07, 6.45) is 1.10. The standard InChI is InChI=1S/C19H23N3O4S/c1-14-5-4-6-17(13-14)21-19(24)11-12-22(27(3,25)26)18-9-7-16(8-10-18)20-15(2)23/h4-10,13H,11-12H2,1-3H3,(H,20,23)(H,21,24). The van der Waals surface area contributed by atoms with E-state index in [2.05, 4.69) is 10.6 Å². The van der Waals surface area contributed by atoms with Crippen molar-refractivity contribution in [2.24, 2.45) is 0 Å². The van der Waals surface area contributed by atoms with Gasteiger partial charge in [-0.2, -0.15) is 0 Å². The number of sulfonamides is 1. The van der Waals surface area contributed by atoms with Crippen LogP contribution in [0.15, 0.2) is 48.5 Å². The Bertz CT molecular complexity index is 924. The van der Waals surface area contributed by atoms with Crippen molar-refractivity contribution in [3.8, 4) is 0 Å². The Morgan fingerprint density at radius 1 is 1.00 bits per heavy atom. The largest absolute Gasteiger partial charge is 0.326 e. The van der Waals surface area contributed by atoms with E-state index in [9.17, 15) is 18.0 Å². The predicted molar refractivity (Wildman–Crippen MR) is 107 cm³/mol. The fourth-order valence-electron chi connectivity index (χ4n) is 2.55. The lowest BCUT2D eigenvalue weighted by Crippen LogP contribution is -2.33. The molecule has 2 aromatic rings. The Labute approximate surface area is 159 Å². The van der Waals surface area contributed by atoms with Crippen LogP contribution in [0.25, 0.3) is 0 Å². The van der Waals surface area contributed by atoms with Gasteiger partial charge < -0.3 is 10.6 Å². The fourth-order valence-corrected chi connectivity index (χ4v) is 3.48. The maximum atomic E-state index is 12.2. The average Bonchev–Trinajstić information content (AvgIpc) is 2.55. The first-order valence-corrected chi connectivity index (χ1v) is 10.2. The molecule has 27 heavy (non-hydrogen) atoms. The van der Waals surface area contributed by atoms with Gasteiger partial charge in [-0.15, -0.1) is 0 Å². The molecule has 0 aliphatic heterocycles. The number of anilines is 3. The van der Waals surface area contributed by atoms with Gasteiger partial charge in [-0.3, -0.25) is 13.9 Å². The van der Waals surface area contributed by atoms with Crippen molar-refractivity contribution in [2.75, 3.05) is 27.7 Å². The van der Waals surface area contributed by atoms with Gasteiger partial charge in [0.2, 0.25) is 21.8 Å². The summed E-state index contributed by atoms with van der Waals surface area (Å²) in [6.45, 7) is 3.32. The number of hydrogen-bond donors (Lipinski definition) is 2. The highest BCUT2D eigenvalue weighted by atomic mass is 32.2. The highest BCUT2D eigenvalue weighted by Crippen LogP contribution is 2.21. The number of aryl methyl sites for hydroxylation is 1. The van der Waals surface area contributed by atoms with Crippen LogP contribution in [0, 0.1) is 6.92 Å². The van der Waals surface area contributed by atoms with Crippen molar-refractivity contribution in [3.63, 3.8) is 0 Å². The Morgan fingerprint density at radius 3 is 2.22 bits per heavy atom. The Morgan fingerprint density at radius 2 is 1.67 bits per heavy atom. The van der Waals surface area contributed by atoms with Gasteiger partial charge in [0, 0.05) is 31.3 Å². The molecule has 0 radical (unpaired) electrons. The van der Waals surface area contributed by atoms with E-state index in [1.165, 1.54) is 11.2 Å². The second-order valence-electron chi connectivity index (χ2n) is 6.23. The molecule has 0 aromatic heterocycles. The third-order valence-corrected chi connectivity index (χ3v) is 4.91. The van der Waals surface area contributed by atoms with Crippen LogP contribution in [0.3, 0.4) is 0 Å². The first-order valence-electron chi connectivity index (χ1n) is 8.37. The van der Waals surface area contributed by atoms with Crippen LogP contribution in [0.1, 0.15) is 18.9 Å². The normalized spacial score (nSPS) is 10.9. The summed E-state index contributed by atoms with van der Waals surface area (Å²) in [5.74, 6) is -0.486. The van der Waals surface area contributed by atoms with Gasteiger partial charge in [-0.25, -0.2) is 8.42 Å². The van der Waals surface area contributed by atoms with Gasteiger partial charge in [0.1, 0.15) is 0 Å². The number of carbonyl (C=O) groups is 2. The fraction of sp³-hybridized carbons (Fsp3) is 0.263. The van der Waals surface area contributed by atoms with Crippen molar-refractivity contribution in [1.82, 2.24) is 0 Å². The average molecular weight is 389 g/mol. The van der Waals surface area contributed by atoms with Crippen LogP contribution in [0.5, 0.6) is 0 Å². The second-order valence-corrected chi connectivity index (χ2v) is 8.14. The lowest BCUT2D eigenvalue weighted by molar-refractivity contribution is -0.116. The Balaban J connectivity index is 2.06. The number of rotatable bonds is 7. The molecular weight excluding hydrogens is 366 g/mol. The molecule has 0 heterocycles. The number of hydrogen-bond acceptors (Lipinski definition) is 4. The summed E-state index contributed by atoms with van der Waals surface area (Å²) in [6, 6.07) is 13.8. The molecule has 8 heteroatoms. The smallest absolute Gasteiger partial charge is 0.232 e. The summed E-state index contributed by atoms with van der Waals surface area (Å²) in [7, 11) is -3.56. The number of benzene rings is 2. The quantitative estimate of drug-likeness (QED) is 0.761. The molecule has 0 saturated carbocycles. The molecule has 7 nitrogen and oxygen atoms in total. The van der Waals surface area contributed by atoms with Crippen LogP contribution in [-0.2, 0) is 19.6 Å². The molecule has 2 rings (SSSR count). The van der Waals surface area contributed by atoms with Crippen molar-refractivity contribution in [3.05, 3.63) is 54.1 Å². The monoisotopic (exact) mass is 389 g/mol. The van der Waals surface area contributed by atoms with Crippen molar-refractivity contribution >= 4 is 38.9 Å². The molecule has 2 N–H and O–H groups in total. The summed E-state index contributed by atoms with van der Waals surface area (Å²) >= 11 is 0. The minimum absolute atomic E-state index is 0.00839. The van der Waals surface area contributed by atoms with Gasteiger partial charge in [-0.1, -0.05) is 12.1 Å². The maximum absolute atomic E-state index is 12.2. The SMILES string of the molecule is CC(=O)Nc1ccc(N(CCC(=O)Nc2cccc(C)c2)S(C)(=O)=O)cc1. The molecule has 0 fully saturated rings. The maximum Gasteiger partial charge on any atom is 0.232 e. The van der Waals surface area contributed by atoms with Crippen LogP contribution >= 0.6 is 0 Å². The number of nitrogens with zero attached hydrogens (tertiary/aromatic N) is 1. The van der Waals surface area contributed by atoms with Crippen LogP contribution in [-0.4, -0.2) is 33.0 Å². The van der Waals surface area contributed by atoms with E-state index in [1.54, 1.807) is 30.3 Å². The van der Waals surface area contributed by atoms with Gasteiger partial charge >= 0.3 is 0 Å². The third kappa shape index (κ3) is 6.41. The molecule has 0 atom stereocenters. The highest BCUT2D eigenvalue weighted by Gasteiger charge is 2.18. The molecule has 0 aliphatic rings. The molecular formula is C19H23N3O4S. The molecule has 0 saturated heterocycles. The van der Waals surface area contributed by atoms with Gasteiger partial charge in [0.25, 0.3) is 0 Å². The number of amides is 2. The third-order valence-electron chi connectivity index (χ3n) is 3.72. The summed E-state index contributed by atoms with van der Waals surface area (Å²) in [5, 5.41) is 5.38. The van der Waals surface area contributed by atoms with E-state index in [0.717, 1.165) is 11.8 Å². The van der Waals surface area contributed by atoms with Crippen molar-refractivity contribution < 1.29 is 18.0 Å². The molecule has 144 valence electrons. The zero-order valence-electron chi connectivity index (χ0n) is 15.5. The van der Waals surface area contributed by atoms with Crippen LogP contribution in [0.4, 0.5) is 17.1 Å². The molecule has 0 spiro atoms. The van der Waals surface area contributed by atoms with Crippen molar-refractivity contribution in [1.29, 1.82) is 0 Å². The van der Waals surface area contributed by atoms with E-state index in [0.29, 0.717) is 17.1 Å². The number of carbonyl (C=O) groups excluding carboxylic acids is 2. The second kappa shape index (κ2) is 8.68. The topological polar surface area (TPSA) is 95.6 Å². The lowest BCUT2D eigenvalue weighted by atomic mass is 10.2. The molecule has 0 unspecified atom stereocenters. The first kappa shape index (κ1) is 20.4. The predicted octanol–water partition coefficient (Wildman–Crippen LogP) is 2.75. The van der Waals surface area contributed by atoms with E-state index in [1.807, 2.05) is 25.1 Å². The highest BCUT2D eigenvalue weighted by molar-refractivity contribution is 7.92. The molecule has 2 amide bonds. The summed E-state index contributed by atoms with van der Waals surface area (Å²) < 4.78 is 25.4. The summed E-state index contributed by atoms with van der Waals surface area (Å²) in [5.41, 5.74) is 2.68. The van der Waals surface area contributed by atoms with E-state index >= 15 is 0 Å².